The average molecular weight is 380 g/mol. The number of nitrogens with zero attached hydrogens (tertiary/aromatic N) is 1. The molecule has 28 heavy (non-hydrogen) atoms. The standard InChI is InChI=1S/C23H28N2O3/c1-27-20-5-6-21(17(15-20)4-8-23(26)28-2)16-3-7-22-18(13-16)14-19-9-10-24-11-12-25(19)22/h3,5-7,13,15,19,24H,4,8-12,14H2,1-2H3. The predicted octanol–water partition coefficient (Wildman–Crippen LogP) is 3.19. The molecule has 1 N–H and O–H groups in total. The monoisotopic (exact) mass is 380 g/mol. The van der Waals surface area contributed by atoms with Gasteiger partial charge in [-0.15, -0.1) is 0 Å². The number of carbonyl (C=O) groups is 1. The van der Waals surface area contributed by atoms with Crippen molar-refractivity contribution in [3.05, 3.63) is 47.5 Å². The van der Waals surface area contributed by atoms with Gasteiger partial charge in [0.05, 0.1) is 14.2 Å². The molecule has 1 unspecified atom stereocenters. The van der Waals surface area contributed by atoms with Gasteiger partial charge in [0.2, 0.25) is 0 Å². The lowest BCUT2D eigenvalue weighted by atomic mass is 9.94. The van der Waals surface area contributed by atoms with Crippen molar-refractivity contribution < 1.29 is 14.3 Å². The van der Waals surface area contributed by atoms with Crippen LogP contribution in [-0.2, 0) is 22.4 Å². The number of hydrogen-bond donors (Lipinski definition) is 1. The highest BCUT2D eigenvalue weighted by atomic mass is 16.5. The fourth-order valence-electron chi connectivity index (χ4n) is 4.44. The SMILES string of the molecule is COC(=O)CCc1cc(OC)ccc1-c1ccc2c(c1)CC1CCNCCN21. The zero-order valence-electron chi connectivity index (χ0n) is 16.7. The van der Waals surface area contributed by atoms with E-state index in [2.05, 4.69) is 34.5 Å². The van der Waals surface area contributed by atoms with E-state index in [9.17, 15) is 4.79 Å². The van der Waals surface area contributed by atoms with Gasteiger partial charge in [-0.3, -0.25) is 4.79 Å². The average Bonchev–Trinajstić information content (AvgIpc) is 2.91. The molecule has 5 nitrogen and oxygen atoms in total. The molecule has 0 saturated carbocycles. The summed E-state index contributed by atoms with van der Waals surface area (Å²) in [6.07, 6.45) is 3.30. The first-order valence-corrected chi connectivity index (χ1v) is 10.0. The maximum atomic E-state index is 11.6. The maximum absolute atomic E-state index is 11.6. The Morgan fingerprint density at radius 2 is 2.07 bits per heavy atom. The van der Waals surface area contributed by atoms with Crippen molar-refractivity contribution in [2.75, 3.05) is 38.8 Å². The summed E-state index contributed by atoms with van der Waals surface area (Å²) < 4.78 is 10.2. The van der Waals surface area contributed by atoms with E-state index in [0.29, 0.717) is 18.9 Å². The molecule has 0 amide bonds. The van der Waals surface area contributed by atoms with Crippen molar-refractivity contribution in [2.45, 2.75) is 31.7 Å². The lowest BCUT2D eigenvalue weighted by Crippen LogP contribution is -2.32. The molecule has 2 aliphatic heterocycles. The second kappa shape index (κ2) is 8.23. The third-order valence-electron chi connectivity index (χ3n) is 5.92. The Bertz CT molecular complexity index is 865. The molecule has 0 bridgehead atoms. The van der Waals surface area contributed by atoms with Crippen molar-refractivity contribution in [1.29, 1.82) is 0 Å². The Labute approximate surface area is 166 Å². The molecule has 148 valence electrons. The Hall–Kier alpha value is -2.53. The van der Waals surface area contributed by atoms with Crippen LogP contribution in [0.3, 0.4) is 0 Å². The van der Waals surface area contributed by atoms with Gasteiger partial charge in [-0.05, 0) is 72.3 Å². The van der Waals surface area contributed by atoms with E-state index in [4.69, 9.17) is 9.47 Å². The fraction of sp³-hybridized carbons (Fsp3) is 0.435. The largest absolute Gasteiger partial charge is 0.497 e. The lowest BCUT2D eigenvalue weighted by molar-refractivity contribution is -0.140. The summed E-state index contributed by atoms with van der Waals surface area (Å²) in [4.78, 5) is 14.2. The van der Waals surface area contributed by atoms with Crippen LogP contribution >= 0.6 is 0 Å². The summed E-state index contributed by atoms with van der Waals surface area (Å²) in [7, 11) is 3.10. The molecular formula is C23H28N2O3. The number of nitrogens with one attached hydrogen (secondary N) is 1. The van der Waals surface area contributed by atoms with Crippen molar-refractivity contribution in [3.8, 4) is 16.9 Å². The zero-order valence-corrected chi connectivity index (χ0v) is 16.7. The summed E-state index contributed by atoms with van der Waals surface area (Å²) in [5.74, 6) is 0.620. The number of methoxy groups -OCH3 is 2. The summed E-state index contributed by atoms with van der Waals surface area (Å²) in [5, 5.41) is 3.50. The van der Waals surface area contributed by atoms with E-state index in [-0.39, 0.29) is 5.97 Å². The third-order valence-corrected chi connectivity index (χ3v) is 5.92. The van der Waals surface area contributed by atoms with Gasteiger partial charge in [-0.1, -0.05) is 12.1 Å². The predicted molar refractivity (Wildman–Crippen MR) is 111 cm³/mol. The number of rotatable bonds is 5. The molecule has 0 radical (unpaired) electrons. The third kappa shape index (κ3) is 3.72. The molecule has 2 heterocycles. The van der Waals surface area contributed by atoms with Crippen LogP contribution in [0.5, 0.6) is 5.75 Å². The first kappa shape index (κ1) is 18.8. The minimum absolute atomic E-state index is 0.190. The summed E-state index contributed by atoms with van der Waals surface area (Å²) in [6.45, 7) is 3.22. The zero-order chi connectivity index (χ0) is 19.5. The molecule has 1 fully saturated rings. The van der Waals surface area contributed by atoms with Crippen LogP contribution in [0.4, 0.5) is 5.69 Å². The smallest absolute Gasteiger partial charge is 0.305 e. The number of hydrogen-bond acceptors (Lipinski definition) is 5. The van der Waals surface area contributed by atoms with E-state index in [0.717, 1.165) is 42.9 Å². The lowest BCUT2D eigenvalue weighted by Gasteiger charge is -2.24. The van der Waals surface area contributed by atoms with E-state index >= 15 is 0 Å². The van der Waals surface area contributed by atoms with Crippen LogP contribution in [0.2, 0.25) is 0 Å². The van der Waals surface area contributed by atoms with E-state index in [1.54, 1.807) is 7.11 Å². The Morgan fingerprint density at radius 1 is 1.18 bits per heavy atom. The normalized spacial score (nSPS) is 18.2. The molecular weight excluding hydrogens is 352 g/mol. The fourth-order valence-corrected chi connectivity index (χ4v) is 4.44. The number of benzene rings is 2. The highest BCUT2D eigenvalue weighted by Gasteiger charge is 2.30. The molecule has 0 aliphatic carbocycles. The summed E-state index contributed by atoms with van der Waals surface area (Å²) in [6, 6.07) is 13.5. The molecule has 1 saturated heterocycles. The van der Waals surface area contributed by atoms with Crippen LogP contribution in [-0.4, -0.2) is 45.9 Å². The molecule has 2 aromatic carbocycles. The van der Waals surface area contributed by atoms with E-state index in [1.807, 2.05) is 12.1 Å². The Balaban J connectivity index is 1.65. The number of anilines is 1. The molecule has 0 spiro atoms. The molecule has 4 rings (SSSR count). The van der Waals surface area contributed by atoms with Gasteiger partial charge in [0.25, 0.3) is 0 Å². The van der Waals surface area contributed by atoms with Gasteiger partial charge < -0.3 is 19.7 Å². The first-order valence-electron chi connectivity index (χ1n) is 10.0. The van der Waals surface area contributed by atoms with Crippen LogP contribution < -0.4 is 15.0 Å². The van der Waals surface area contributed by atoms with Crippen LogP contribution in [0.1, 0.15) is 24.0 Å². The minimum Gasteiger partial charge on any atom is -0.497 e. The Morgan fingerprint density at radius 3 is 2.89 bits per heavy atom. The molecule has 2 aliphatic rings. The van der Waals surface area contributed by atoms with Gasteiger partial charge in [0, 0.05) is 31.2 Å². The van der Waals surface area contributed by atoms with Crippen molar-refractivity contribution in [2.24, 2.45) is 0 Å². The van der Waals surface area contributed by atoms with Gasteiger partial charge in [0.1, 0.15) is 5.75 Å². The van der Waals surface area contributed by atoms with Gasteiger partial charge >= 0.3 is 5.97 Å². The van der Waals surface area contributed by atoms with Crippen LogP contribution in [0, 0.1) is 0 Å². The number of carbonyl (C=O) groups excluding carboxylic acids is 1. The highest BCUT2D eigenvalue weighted by Crippen LogP contribution is 2.38. The first-order chi connectivity index (χ1) is 13.7. The topological polar surface area (TPSA) is 50.8 Å². The molecule has 0 aromatic heterocycles. The summed E-state index contributed by atoms with van der Waals surface area (Å²) >= 11 is 0. The van der Waals surface area contributed by atoms with Gasteiger partial charge in [-0.2, -0.15) is 0 Å². The van der Waals surface area contributed by atoms with Gasteiger partial charge in [0.15, 0.2) is 0 Å². The second-order valence-corrected chi connectivity index (χ2v) is 7.53. The number of fused-ring (bicyclic) bond motifs is 3. The molecule has 1 atom stereocenters. The van der Waals surface area contributed by atoms with Gasteiger partial charge in [-0.25, -0.2) is 0 Å². The summed E-state index contributed by atoms with van der Waals surface area (Å²) in [5.41, 5.74) is 6.29. The number of aryl methyl sites for hydroxylation is 1. The van der Waals surface area contributed by atoms with Crippen molar-refractivity contribution in [3.63, 3.8) is 0 Å². The molecule has 5 heteroatoms. The quantitative estimate of drug-likeness (QED) is 0.808. The Kier molecular flexibility index (Phi) is 5.53. The molecule has 2 aromatic rings. The van der Waals surface area contributed by atoms with Crippen molar-refractivity contribution >= 4 is 11.7 Å². The van der Waals surface area contributed by atoms with Crippen molar-refractivity contribution in [1.82, 2.24) is 5.32 Å². The number of esters is 1. The highest BCUT2D eigenvalue weighted by molar-refractivity contribution is 5.75. The van der Waals surface area contributed by atoms with E-state index < -0.39 is 0 Å². The maximum Gasteiger partial charge on any atom is 0.305 e. The number of ether oxygens (including phenoxy) is 2. The van der Waals surface area contributed by atoms with Crippen LogP contribution in [0.25, 0.3) is 11.1 Å². The van der Waals surface area contributed by atoms with Crippen LogP contribution in [0.15, 0.2) is 36.4 Å². The second-order valence-electron chi connectivity index (χ2n) is 7.53. The van der Waals surface area contributed by atoms with E-state index in [1.165, 1.54) is 30.3 Å². The minimum atomic E-state index is -0.190.